The minimum Gasteiger partial charge on any atom is -0.464 e. The summed E-state index contributed by atoms with van der Waals surface area (Å²) in [7, 11) is 0. The maximum Gasteiger partial charge on any atom is 0.318 e. The molecule has 0 unspecified atom stereocenters. The first-order chi connectivity index (χ1) is 8.79. The molecule has 0 fully saturated rings. The maximum absolute atomic E-state index is 5.24. The Morgan fingerprint density at radius 1 is 1.28 bits per heavy atom. The first kappa shape index (κ1) is 12.7. The van der Waals surface area contributed by atoms with Crippen molar-refractivity contribution in [1.82, 2.24) is 9.97 Å². The van der Waals surface area contributed by atoms with E-state index < -0.39 is 0 Å². The molecular weight excluding hydrogens is 246 g/mol. The molecule has 1 N–H and O–H groups in total. The SMILES string of the molecule is CCOc1nccc(NCc2ccccc2S)n1. The van der Waals surface area contributed by atoms with E-state index in [2.05, 4.69) is 27.9 Å². The number of nitrogens with zero attached hydrogens (tertiary/aromatic N) is 2. The molecule has 2 aromatic rings. The van der Waals surface area contributed by atoms with E-state index in [4.69, 9.17) is 4.74 Å². The van der Waals surface area contributed by atoms with Crippen molar-refractivity contribution >= 4 is 18.4 Å². The molecule has 0 atom stereocenters. The van der Waals surface area contributed by atoms with Crippen molar-refractivity contribution in [3.63, 3.8) is 0 Å². The fourth-order valence-electron chi connectivity index (χ4n) is 1.48. The second-order valence-electron chi connectivity index (χ2n) is 3.64. The van der Waals surface area contributed by atoms with Crippen molar-refractivity contribution in [2.24, 2.45) is 0 Å². The molecular formula is C13H15N3OS. The molecule has 1 aromatic heterocycles. The molecule has 0 aliphatic heterocycles. The van der Waals surface area contributed by atoms with Crippen molar-refractivity contribution in [3.05, 3.63) is 42.1 Å². The number of hydrogen-bond acceptors (Lipinski definition) is 5. The average Bonchev–Trinajstić information content (AvgIpc) is 2.39. The third kappa shape index (κ3) is 3.37. The van der Waals surface area contributed by atoms with Gasteiger partial charge in [0.15, 0.2) is 0 Å². The van der Waals surface area contributed by atoms with Crippen LogP contribution in [0.5, 0.6) is 6.01 Å². The zero-order valence-corrected chi connectivity index (χ0v) is 11.0. The largest absolute Gasteiger partial charge is 0.464 e. The molecule has 18 heavy (non-hydrogen) atoms. The van der Waals surface area contributed by atoms with Crippen molar-refractivity contribution in [3.8, 4) is 6.01 Å². The van der Waals surface area contributed by atoms with Crippen LogP contribution in [0.2, 0.25) is 0 Å². The molecule has 0 saturated heterocycles. The Kier molecular flexibility index (Phi) is 4.41. The van der Waals surface area contributed by atoms with Crippen LogP contribution in [0.1, 0.15) is 12.5 Å². The molecule has 0 saturated carbocycles. The van der Waals surface area contributed by atoms with E-state index in [0.29, 0.717) is 19.2 Å². The molecule has 2 rings (SSSR count). The summed E-state index contributed by atoms with van der Waals surface area (Å²) < 4.78 is 5.24. The average molecular weight is 261 g/mol. The highest BCUT2D eigenvalue weighted by molar-refractivity contribution is 7.80. The Morgan fingerprint density at radius 3 is 2.89 bits per heavy atom. The molecule has 1 heterocycles. The summed E-state index contributed by atoms with van der Waals surface area (Å²) >= 11 is 4.40. The van der Waals surface area contributed by atoms with E-state index in [9.17, 15) is 0 Å². The highest BCUT2D eigenvalue weighted by Crippen LogP contribution is 2.15. The van der Waals surface area contributed by atoms with Crippen molar-refractivity contribution in [2.45, 2.75) is 18.4 Å². The van der Waals surface area contributed by atoms with Gasteiger partial charge in [-0.1, -0.05) is 18.2 Å². The highest BCUT2D eigenvalue weighted by Gasteiger charge is 2.01. The van der Waals surface area contributed by atoms with Crippen LogP contribution in [-0.2, 0) is 6.54 Å². The number of aromatic nitrogens is 2. The van der Waals surface area contributed by atoms with Gasteiger partial charge in [0.05, 0.1) is 6.61 Å². The summed E-state index contributed by atoms with van der Waals surface area (Å²) in [6.07, 6.45) is 1.67. The Hall–Kier alpha value is -1.75. The fourth-order valence-corrected chi connectivity index (χ4v) is 1.72. The van der Waals surface area contributed by atoms with Gasteiger partial charge in [0, 0.05) is 17.6 Å². The summed E-state index contributed by atoms with van der Waals surface area (Å²) in [5, 5.41) is 3.22. The lowest BCUT2D eigenvalue weighted by Gasteiger charge is -2.08. The Labute approximate surface area is 112 Å². The molecule has 1 aromatic carbocycles. The lowest BCUT2D eigenvalue weighted by atomic mass is 10.2. The summed E-state index contributed by atoms with van der Waals surface area (Å²) in [6.45, 7) is 3.13. The molecule has 0 amide bonds. The van der Waals surface area contributed by atoms with Crippen LogP contribution in [0, 0.1) is 0 Å². The lowest BCUT2D eigenvalue weighted by Crippen LogP contribution is -2.04. The molecule has 0 aliphatic carbocycles. The van der Waals surface area contributed by atoms with Gasteiger partial charge in [0.25, 0.3) is 0 Å². The highest BCUT2D eigenvalue weighted by atomic mass is 32.1. The quantitative estimate of drug-likeness (QED) is 0.812. The Balaban J connectivity index is 2.02. The Morgan fingerprint density at radius 2 is 2.11 bits per heavy atom. The third-order valence-electron chi connectivity index (χ3n) is 2.36. The third-order valence-corrected chi connectivity index (χ3v) is 2.79. The normalized spacial score (nSPS) is 10.1. The van der Waals surface area contributed by atoms with E-state index in [1.54, 1.807) is 6.20 Å². The van der Waals surface area contributed by atoms with Crippen LogP contribution in [0.15, 0.2) is 41.4 Å². The van der Waals surface area contributed by atoms with Crippen LogP contribution < -0.4 is 10.1 Å². The van der Waals surface area contributed by atoms with Crippen LogP contribution in [0.4, 0.5) is 5.82 Å². The second-order valence-corrected chi connectivity index (χ2v) is 4.12. The zero-order valence-electron chi connectivity index (χ0n) is 10.1. The van der Waals surface area contributed by atoms with Crippen molar-refractivity contribution in [1.29, 1.82) is 0 Å². The number of hydrogen-bond donors (Lipinski definition) is 2. The summed E-state index contributed by atoms with van der Waals surface area (Å²) in [5.41, 5.74) is 1.12. The first-order valence-electron chi connectivity index (χ1n) is 5.76. The summed E-state index contributed by atoms with van der Waals surface area (Å²) in [4.78, 5) is 9.21. The molecule has 0 bridgehead atoms. The van der Waals surface area contributed by atoms with E-state index in [1.165, 1.54) is 0 Å². The van der Waals surface area contributed by atoms with Gasteiger partial charge in [0.2, 0.25) is 0 Å². The monoisotopic (exact) mass is 261 g/mol. The fraction of sp³-hybridized carbons (Fsp3) is 0.231. The van der Waals surface area contributed by atoms with Gasteiger partial charge in [-0.3, -0.25) is 0 Å². The van der Waals surface area contributed by atoms with Gasteiger partial charge in [-0.25, -0.2) is 4.98 Å². The number of thiol groups is 1. The van der Waals surface area contributed by atoms with Gasteiger partial charge < -0.3 is 10.1 Å². The number of rotatable bonds is 5. The zero-order chi connectivity index (χ0) is 12.8. The number of nitrogens with one attached hydrogen (secondary N) is 1. The van der Waals surface area contributed by atoms with Gasteiger partial charge in [-0.05, 0) is 24.6 Å². The predicted octanol–water partition coefficient (Wildman–Crippen LogP) is 2.78. The van der Waals surface area contributed by atoms with Crippen molar-refractivity contribution < 1.29 is 4.74 Å². The van der Waals surface area contributed by atoms with Gasteiger partial charge in [-0.2, -0.15) is 4.98 Å². The maximum atomic E-state index is 5.24. The summed E-state index contributed by atoms with van der Waals surface area (Å²) in [6, 6.07) is 10.1. The van der Waals surface area contributed by atoms with Gasteiger partial charge in [0.1, 0.15) is 5.82 Å². The molecule has 5 heteroatoms. The number of benzene rings is 1. The first-order valence-corrected chi connectivity index (χ1v) is 6.21. The minimum absolute atomic E-state index is 0.390. The minimum atomic E-state index is 0.390. The smallest absolute Gasteiger partial charge is 0.318 e. The topological polar surface area (TPSA) is 47.0 Å². The predicted molar refractivity (Wildman–Crippen MR) is 74.2 cm³/mol. The summed E-state index contributed by atoms with van der Waals surface area (Å²) in [5.74, 6) is 0.741. The standard InChI is InChI=1S/C13H15N3OS/c1-2-17-13-14-8-7-12(16-13)15-9-10-5-3-4-6-11(10)18/h3-8,18H,2,9H2,1H3,(H,14,15,16). The molecule has 0 aliphatic rings. The van der Waals surface area contributed by atoms with E-state index in [0.717, 1.165) is 16.3 Å². The molecule has 4 nitrogen and oxygen atoms in total. The lowest BCUT2D eigenvalue weighted by molar-refractivity contribution is 0.313. The van der Waals surface area contributed by atoms with E-state index in [1.807, 2.05) is 37.3 Å². The Bertz CT molecular complexity index is 519. The second kappa shape index (κ2) is 6.26. The van der Waals surface area contributed by atoms with Gasteiger partial charge in [-0.15, -0.1) is 12.6 Å². The molecule has 94 valence electrons. The van der Waals surface area contributed by atoms with Crippen LogP contribution in [0.25, 0.3) is 0 Å². The number of ether oxygens (including phenoxy) is 1. The van der Waals surface area contributed by atoms with Crippen molar-refractivity contribution in [2.75, 3.05) is 11.9 Å². The van der Waals surface area contributed by atoms with E-state index >= 15 is 0 Å². The van der Waals surface area contributed by atoms with Gasteiger partial charge >= 0.3 is 6.01 Å². The van der Waals surface area contributed by atoms with E-state index in [-0.39, 0.29) is 0 Å². The van der Waals surface area contributed by atoms with Crippen LogP contribution in [-0.4, -0.2) is 16.6 Å². The van der Waals surface area contributed by atoms with Crippen LogP contribution in [0.3, 0.4) is 0 Å². The number of anilines is 1. The van der Waals surface area contributed by atoms with Crippen LogP contribution >= 0.6 is 12.6 Å². The molecule has 0 radical (unpaired) electrons. The molecule has 0 spiro atoms.